The molecule has 0 heterocycles. The van der Waals surface area contributed by atoms with Gasteiger partial charge in [0.2, 0.25) is 0 Å². The first-order valence-corrected chi connectivity index (χ1v) is 17.7. The summed E-state index contributed by atoms with van der Waals surface area (Å²) in [5.74, 6) is 1.44. The molecule has 0 unspecified atom stereocenters. The average Bonchev–Trinajstić information content (AvgIpc) is 2.90. The Bertz CT molecular complexity index is 916. The molecule has 0 bridgehead atoms. The van der Waals surface area contributed by atoms with E-state index >= 15 is 0 Å². The maximum atomic E-state index is 12.8. The summed E-state index contributed by atoms with van der Waals surface area (Å²) in [6.07, 6.45) is 6.12. The summed E-state index contributed by atoms with van der Waals surface area (Å²) in [6, 6.07) is 0. The molecule has 0 aliphatic heterocycles. The summed E-state index contributed by atoms with van der Waals surface area (Å²) >= 11 is 0. The first-order valence-electron chi connectivity index (χ1n) is 17.7. The van der Waals surface area contributed by atoms with Gasteiger partial charge in [0, 0.05) is 0 Å². The van der Waals surface area contributed by atoms with E-state index in [-0.39, 0.29) is 63.3 Å². The number of quaternary nitrogens is 2. The molecule has 2 aliphatic rings. The summed E-state index contributed by atoms with van der Waals surface area (Å²) in [5, 5.41) is 0. The first-order chi connectivity index (χ1) is 21.4. The van der Waals surface area contributed by atoms with Crippen LogP contribution in [0.15, 0.2) is 0 Å². The molecule has 0 amide bonds. The molecular formula is C36H66N2O8+2. The number of rotatable bonds is 17. The molecule has 266 valence electrons. The fourth-order valence-corrected chi connectivity index (χ4v) is 6.93. The third-order valence-electron chi connectivity index (χ3n) is 10.1. The molecule has 46 heavy (non-hydrogen) atoms. The zero-order chi connectivity index (χ0) is 34.7. The summed E-state index contributed by atoms with van der Waals surface area (Å²) in [6.45, 7) is 14.8. The molecule has 0 aromatic rings. The van der Waals surface area contributed by atoms with Crippen molar-refractivity contribution in [3.8, 4) is 0 Å². The van der Waals surface area contributed by atoms with Crippen LogP contribution < -0.4 is 0 Å². The van der Waals surface area contributed by atoms with Crippen molar-refractivity contribution >= 4 is 23.9 Å². The van der Waals surface area contributed by atoms with Gasteiger partial charge in [0.05, 0.1) is 41.0 Å². The Morgan fingerprint density at radius 1 is 0.587 bits per heavy atom. The van der Waals surface area contributed by atoms with Crippen LogP contribution in [0.1, 0.15) is 92.9 Å². The van der Waals surface area contributed by atoms with Gasteiger partial charge in [0.1, 0.15) is 38.5 Å². The van der Waals surface area contributed by atoms with E-state index in [1.807, 2.05) is 28.2 Å². The van der Waals surface area contributed by atoms with Crippen LogP contribution in [-0.4, -0.2) is 113 Å². The van der Waals surface area contributed by atoms with Crippen molar-refractivity contribution in [1.82, 2.24) is 0 Å². The third kappa shape index (κ3) is 14.7. The summed E-state index contributed by atoms with van der Waals surface area (Å²) in [5.41, 5.74) is 0. The normalized spacial score (nSPS) is 25.7. The van der Waals surface area contributed by atoms with E-state index in [9.17, 15) is 19.2 Å². The number of ether oxygens (including phenoxy) is 4. The summed E-state index contributed by atoms with van der Waals surface area (Å²) < 4.78 is 23.3. The molecular weight excluding hydrogens is 588 g/mol. The lowest BCUT2D eigenvalue weighted by Gasteiger charge is -2.37. The smallest absolute Gasteiger partial charge is 0.362 e. The van der Waals surface area contributed by atoms with Crippen molar-refractivity contribution in [2.24, 2.45) is 35.5 Å². The second-order valence-corrected chi connectivity index (χ2v) is 16.3. The molecule has 0 aromatic heterocycles. The maximum Gasteiger partial charge on any atom is 0.362 e. The van der Waals surface area contributed by atoms with Gasteiger partial charge < -0.3 is 27.9 Å². The SMILES string of the molecule is CC(C)[C@H]1CC[C@@H](C)C[C@H]1OC(=O)C[N+](C)(C)CCOC(=O)CCC(=O)OCC[N+](C)(C)CC(=O)O[C@@H]1C[C@H](C)CC[C@@H]1C(C)C. The van der Waals surface area contributed by atoms with Crippen molar-refractivity contribution in [3.63, 3.8) is 0 Å². The van der Waals surface area contributed by atoms with Gasteiger partial charge >= 0.3 is 23.9 Å². The van der Waals surface area contributed by atoms with Gasteiger partial charge in [-0.2, -0.15) is 0 Å². The molecule has 2 rings (SSSR count). The number of likely N-dealkylation sites (N-methyl/N-ethyl adjacent to an activating group) is 2. The molecule has 10 nitrogen and oxygen atoms in total. The predicted molar refractivity (Wildman–Crippen MR) is 177 cm³/mol. The maximum absolute atomic E-state index is 12.8. The number of hydrogen-bond acceptors (Lipinski definition) is 8. The number of nitrogens with zero attached hydrogens (tertiary/aromatic N) is 2. The Balaban J connectivity index is 1.63. The molecule has 2 saturated carbocycles. The molecule has 2 fully saturated rings. The largest absolute Gasteiger partial charge is 0.460 e. The first kappa shape index (κ1) is 40.0. The van der Waals surface area contributed by atoms with E-state index in [0.717, 1.165) is 25.7 Å². The Morgan fingerprint density at radius 2 is 0.935 bits per heavy atom. The third-order valence-corrected chi connectivity index (χ3v) is 10.1. The standard InChI is InChI=1S/C36H66N2O8/c1-25(2)29-13-11-27(5)21-31(29)45-35(41)23-37(7,8)17-19-43-33(39)15-16-34(40)44-20-18-38(9,10)24-36(42)46-32-22-28(6)12-14-30(32)26(3)4/h25-32H,11-24H2,1-10H3/q+2/t27-,28-,29-,30-,31-,32-/m1/s1. The zero-order valence-electron chi connectivity index (χ0n) is 30.7. The minimum atomic E-state index is -0.480. The van der Waals surface area contributed by atoms with Gasteiger partial charge in [-0.1, -0.05) is 54.4 Å². The molecule has 2 aliphatic carbocycles. The average molecular weight is 655 g/mol. The van der Waals surface area contributed by atoms with Crippen LogP contribution in [0.2, 0.25) is 0 Å². The Kier molecular flexibility index (Phi) is 16.0. The number of carbonyl (C=O) groups is 4. The topological polar surface area (TPSA) is 105 Å². The van der Waals surface area contributed by atoms with Crippen LogP contribution in [0, 0.1) is 35.5 Å². The quantitative estimate of drug-likeness (QED) is 0.122. The van der Waals surface area contributed by atoms with Gasteiger partial charge in [0.15, 0.2) is 13.1 Å². The number of esters is 4. The lowest BCUT2D eigenvalue weighted by Crippen LogP contribution is -2.48. The second kappa shape index (κ2) is 18.4. The molecule has 10 heteroatoms. The molecule has 0 saturated heterocycles. The molecule has 0 N–H and O–H groups in total. The molecule has 0 spiro atoms. The highest BCUT2D eigenvalue weighted by Crippen LogP contribution is 2.36. The van der Waals surface area contributed by atoms with E-state index < -0.39 is 11.9 Å². The summed E-state index contributed by atoms with van der Waals surface area (Å²) in [7, 11) is 7.64. The van der Waals surface area contributed by atoms with Crippen LogP contribution >= 0.6 is 0 Å². The Morgan fingerprint density at radius 3 is 1.26 bits per heavy atom. The van der Waals surface area contributed by atoms with Gasteiger partial charge in [0.25, 0.3) is 0 Å². The van der Waals surface area contributed by atoms with Crippen molar-refractivity contribution in [2.45, 2.75) is 105 Å². The number of carbonyl (C=O) groups excluding carboxylic acids is 4. The summed E-state index contributed by atoms with van der Waals surface area (Å²) in [4.78, 5) is 50.1. The van der Waals surface area contributed by atoms with Gasteiger partial charge in [-0.15, -0.1) is 0 Å². The van der Waals surface area contributed by atoms with Crippen LogP contribution in [-0.2, 0) is 38.1 Å². The van der Waals surface area contributed by atoms with Crippen molar-refractivity contribution in [3.05, 3.63) is 0 Å². The van der Waals surface area contributed by atoms with E-state index in [1.54, 1.807) is 0 Å². The highest BCUT2D eigenvalue weighted by molar-refractivity contribution is 5.77. The van der Waals surface area contributed by atoms with Crippen molar-refractivity contribution in [2.75, 3.05) is 67.6 Å². The highest BCUT2D eigenvalue weighted by Gasteiger charge is 2.36. The molecule has 0 aromatic carbocycles. The van der Waals surface area contributed by atoms with E-state index in [2.05, 4.69) is 41.5 Å². The lowest BCUT2D eigenvalue weighted by atomic mass is 9.75. The predicted octanol–water partition coefficient (Wildman–Crippen LogP) is 5.01. The molecule has 0 radical (unpaired) electrons. The van der Waals surface area contributed by atoms with Gasteiger partial charge in [-0.05, 0) is 61.2 Å². The van der Waals surface area contributed by atoms with Gasteiger partial charge in [-0.25, -0.2) is 9.59 Å². The van der Waals surface area contributed by atoms with Crippen LogP contribution in [0.3, 0.4) is 0 Å². The monoisotopic (exact) mass is 654 g/mol. The van der Waals surface area contributed by atoms with Crippen LogP contribution in [0.5, 0.6) is 0 Å². The van der Waals surface area contributed by atoms with E-state index in [4.69, 9.17) is 18.9 Å². The van der Waals surface area contributed by atoms with Gasteiger partial charge in [-0.3, -0.25) is 9.59 Å². The van der Waals surface area contributed by atoms with Crippen LogP contribution in [0.25, 0.3) is 0 Å². The van der Waals surface area contributed by atoms with Crippen molar-refractivity contribution < 1.29 is 47.1 Å². The second-order valence-electron chi connectivity index (χ2n) is 16.3. The fraction of sp³-hybridized carbons (Fsp3) is 0.889. The minimum Gasteiger partial charge on any atom is -0.460 e. The zero-order valence-corrected chi connectivity index (χ0v) is 30.7. The van der Waals surface area contributed by atoms with Crippen molar-refractivity contribution in [1.29, 1.82) is 0 Å². The van der Waals surface area contributed by atoms with E-state index in [1.165, 1.54) is 12.8 Å². The molecule has 6 atom stereocenters. The Hall–Kier alpha value is -2.20. The highest BCUT2D eigenvalue weighted by atomic mass is 16.6. The lowest BCUT2D eigenvalue weighted by molar-refractivity contribution is -0.883. The number of hydrogen-bond donors (Lipinski definition) is 0. The Labute approximate surface area is 279 Å². The fourth-order valence-electron chi connectivity index (χ4n) is 6.93. The minimum absolute atomic E-state index is 0.0386. The van der Waals surface area contributed by atoms with E-state index in [0.29, 0.717) is 57.6 Å². The van der Waals surface area contributed by atoms with Crippen LogP contribution in [0.4, 0.5) is 0 Å².